The molecular formula is C14H21NO2. The minimum Gasteiger partial charge on any atom is -0.508 e. The lowest BCUT2D eigenvalue weighted by atomic mass is 9.99. The zero-order valence-electron chi connectivity index (χ0n) is 10.3. The van der Waals surface area contributed by atoms with Crippen molar-refractivity contribution in [2.75, 3.05) is 0 Å². The Bertz CT molecular complexity index is 372. The van der Waals surface area contributed by atoms with E-state index in [1.54, 1.807) is 12.1 Å². The molecule has 0 amide bonds. The zero-order chi connectivity index (χ0) is 12.3. The fourth-order valence-electron chi connectivity index (χ4n) is 2.60. The minimum absolute atomic E-state index is 0.107. The van der Waals surface area contributed by atoms with Gasteiger partial charge in [-0.25, -0.2) is 0 Å². The maximum Gasteiger partial charge on any atom is 0.123 e. The second-order valence-electron chi connectivity index (χ2n) is 5.03. The Hall–Kier alpha value is -1.22. The molecule has 1 atom stereocenters. The van der Waals surface area contributed by atoms with Crippen LogP contribution in [0.1, 0.15) is 38.2 Å². The summed E-state index contributed by atoms with van der Waals surface area (Å²) in [4.78, 5) is 0. The Kier molecular flexibility index (Phi) is 3.89. The van der Waals surface area contributed by atoms with Gasteiger partial charge in [-0.15, -0.1) is 0 Å². The van der Waals surface area contributed by atoms with Gasteiger partial charge in [0.2, 0.25) is 0 Å². The first-order chi connectivity index (χ1) is 8.16. The van der Waals surface area contributed by atoms with Crippen molar-refractivity contribution in [2.24, 2.45) is 5.92 Å². The van der Waals surface area contributed by atoms with Crippen LogP contribution in [0.2, 0.25) is 0 Å². The van der Waals surface area contributed by atoms with Gasteiger partial charge in [-0.2, -0.15) is 0 Å². The molecular weight excluding hydrogens is 214 g/mol. The topological polar surface area (TPSA) is 52.5 Å². The van der Waals surface area contributed by atoms with Crippen molar-refractivity contribution in [1.29, 1.82) is 0 Å². The molecule has 0 radical (unpaired) electrons. The van der Waals surface area contributed by atoms with Gasteiger partial charge in [-0.1, -0.05) is 18.9 Å². The fraction of sp³-hybridized carbons (Fsp3) is 0.571. The van der Waals surface area contributed by atoms with Crippen LogP contribution in [-0.2, 0) is 6.54 Å². The van der Waals surface area contributed by atoms with Crippen LogP contribution in [0.15, 0.2) is 18.2 Å². The highest BCUT2D eigenvalue weighted by atomic mass is 16.3. The summed E-state index contributed by atoms with van der Waals surface area (Å²) < 4.78 is 0. The summed E-state index contributed by atoms with van der Waals surface area (Å²) in [6, 6.07) is 5.25. The molecule has 94 valence electrons. The van der Waals surface area contributed by atoms with Crippen molar-refractivity contribution in [2.45, 2.75) is 45.2 Å². The first-order valence-corrected chi connectivity index (χ1v) is 6.41. The molecule has 1 aliphatic carbocycles. The van der Waals surface area contributed by atoms with Crippen LogP contribution >= 0.6 is 0 Å². The summed E-state index contributed by atoms with van der Waals surface area (Å²) in [6.45, 7) is 2.87. The first kappa shape index (κ1) is 12.2. The van der Waals surface area contributed by atoms with E-state index >= 15 is 0 Å². The van der Waals surface area contributed by atoms with E-state index in [4.69, 9.17) is 0 Å². The van der Waals surface area contributed by atoms with Crippen LogP contribution in [-0.4, -0.2) is 16.3 Å². The van der Waals surface area contributed by atoms with Gasteiger partial charge >= 0.3 is 0 Å². The lowest BCUT2D eigenvalue weighted by Crippen LogP contribution is -2.31. The van der Waals surface area contributed by atoms with Gasteiger partial charge in [0.1, 0.15) is 11.5 Å². The molecule has 17 heavy (non-hydrogen) atoms. The van der Waals surface area contributed by atoms with Crippen LogP contribution in [0, 0.1) is 5.92 Å². The molecule has 2 rings (SSSR count). The Morgan fingerprint density at radius 1 is 1.29 bits per heavy atom. The van der Waals surface area contributed by atoms with Crippen LogP contribution in [0.5, 0.6) is 11.5 Å². The predicted molar refractivity (Wildman–Crippen MR) is 68.0 cm³/mol. The summed E-state index contributed by atoms with van der Waals surface area (Å²) >= 11 is 0. The van der Waals surface area contributed by atoms with Crippen LogP contribution in [0.3, 0.4) is 0 Å². The highest BCUT2D eigenvalue weighted by molar-refractivity contribution is 5.38. The molecule has 3 nitrogen and oxygen atoms in total. The molecule has 0 bridgehead atoms. The lowest BCUT2D eigenvalue weighted by molar-refractivity contribution is 0.375. The predicted octanol–water partition coefficient (Wildman–Crippen LogP) is 2.77. The van der Waals surface area contributed by atoms with Gasteiger partial charge in [0, 0.05) is 24.2 Å². The normalized spacial score (nSPS) is 18.4. The van der Waals surface area contributed by atoms with Gasteiger partial charge in [0.25, 0.3) is 0 Å². The molecule has 1 aliphatic rings. The number of nitrogens with one attached hydrogen (secondary N) is 1. The molecule has 1 aromatic rings. The fourth-order valence-corrected chi connectivity index (χ4v) is 2.60. The lowest BCUT2D eigenvalue weighted by Gasteiger charge is -2.20. The SMILES string of the molecule is C[C@@H](NCc1ccc(O)cc1O)C1CCCC1. The Labute approximate surface area is 102 Å². The minimum atomic E-state index is 0.107. The van der Waals surface area contributed by atoms with E-state index in [2.05, 4.69) is 12.2 Å². The molecule has 3 N–H and O–H groups in total. The second-order valence-corrected chi connectivity index (χ2v) is 5.03. The van der Waals surface area contributed by atoms with E-state index in [-0.39, 0.29) is 11.5 Å². The Morgan fingerprint density at radius 3 is 2.65 bits per heavy atom. The number of benzene rings is 1. The molecule has 0 unspecified atom stereocenters. The van der Waals surface area contributed by atoms with Gasteiger partial charge in [0.05, 0.1) is 0 Å². The summed E-state index contributed by atoms with van der Waals surface area (Å²) in [5.41, 5.74) is 0.840. The molecule has 1 aromatic carbocycles. The molecule has 3 heteroatoms. The third-order valence-electron chi connectivity index (χ3n) is 3.79. The van der Waals surface area contributed by atoms with Crippen LogP contribution in [0.4, 0.5) is 0 Å². The van der Waals surface area contributed by atoms with Gasteiger partial charge in [0.15, 0.2) is 0 Å². The van der Waals surface area contributed by atoms with Crippen molar-refractivity contribution >= 4 is 0 Å². The Morgan fingerprint density at radius 2 is 2.00 bits per heavy atom. The third-order valence-corrected chi connectivity index (χ3v) is 3.79. The zero-order valence-corrected chi connectivity index (χ0v) is 10.3. The van der Waals surface area contributed by atoms with E-state index in [1.165, 1.54) is 31.7 Å². The maximum absolute atomic E-state index is 9.67. The largest absolute Gasteiger partial charge is 0.508 e. The van der Waals surface area contributed by atoms with Crippen molar-refractivity contribution in [3.8, 4) is 11.5 Å². The highest BCUT2D eigenvalue weighted by Gasteiger charge is 2.21. The first-order valence-electron chi connectivity index (χ1n) is 6.41. The summed E-state index contributed by atoms with van der Waals surface area (Å²) in [6.07, 6.45) is 5.33. The van der Waals surface area contributed by atoms with Crippen molar-refractivity contribution in [3.63, 3.8) is 0 Å². The maximum atomic E-state index is 9.67. The van der Waals surface area contributed by atoms with Gasteiger partial charge < -0.3 is 15.5 Å². The van der Waals surface area contributed by atoms with Crippen LogP contribution in [0.25, 0.3) is 0 Å². The average Bonchev–Trinajstić information content (AvgIpc) is 2.81. The van der Waals surface area contributed by atoms with Gasteiger partial charge in [-0.05, 0) is 31.7 Å². The molecule has 0 spiro atoms. The van der Waals surface area contributed by atoms with Crippen molar-refractivity contribution in [1.82, 2.24) is 5.32 Å². The molecule has 0 aliphatic heterocycles. The summed E-state index contributed by atoms with van der Waals surface area (Å²) in [5.74, 6) is 1.04. The average molecular weight is 235 g/mol. The Balaban J connectivity index is 1.88. The molecule has 0 saturated heterocycles. The van der Waals surface area contributed by atoms with E-state index < -0.39 is 0 Å². The smallest absolute Gasteiger partial charge is 0.123 e. The molecule has 0 heterocycles. The quantitative estimate of drug-likeness (QED) is 0.752. The van der Waals surface area contributed by atoms with Crippen LogP contribution < -0.4 is 5.32 Å². The molecule has 1 fully saturated rings. The summed E-state index contributed by atoms with van der Waals surface area (Å²) in [7, 11) is 0. The van der Waals surface area contributed by atoms with E-state index in [1.807, 2.05) is 0 Å². The molecule has 0 aromatic heterocycles. The number of aromatic hydroxyl groups is 2. The van der Waals surface area contributed by atoms with Gasteiger partial charge in [-0.3, -0.25) is 0 Å². The summed E-state index contributed by atoms with van der Waals surface area (Å²) in [5, 5.41) is 22.3. The molecule has 1 saturated carbocycles. The number of hydrogen-bond acceptors (Lipinski definition) is 3. The van der Waals surface area contributed by atoms with E-state index in [9.17, 15) is 10.2 Å². The monoisotopic (exact) mass is 235 g/mol. The number of rotatable bonds is 4. The highest BCUT2D eigenvalue weighted by Crippen LogP contribution is 2.28. The van der Waals surface area contributed by atoms with E-state index in [0.29, 0.717) is 12.6 Å². The van der Waals surface area contributed by atoms with Crippen molar-refractivity contribution in [3.05, 3.63) is 23.8 Å². The van der Waals surface area contributed by atoms with Crippen molar-refractivity contribution < 1.29 is 10.2 Å². The van der Waals surface area contributed by atoms with E-state index in [0.717, 1.165) is 11.5 Å². The number of phenols is 2. The number of phenolic OH excluding ortho intramolecular Hbond substituents is 2. The number of hydrogen-bond donors (Lipinski definition) is 3. The standard InChI is InChI=1S/C14H21NO2/c1-10(11-4-2-3-5-11)15-9-12-6-7-13(16)8-14(12)17/h6-8,10-11,15-17H,2-5,9H2,1H3/t10-/m1/s1. The second kappa shape index (κ2) is 5.41. The third kappa shape index (κ3) is 3.13.